The molecule has 134 valence electrons. The summed E-state index contributed by atoms with van der Waals surface area (Å²) in [4.78, 5) is 22.3. The largest absolute Gasteiger partial charge is 0.486 e. The minimum atomic E-state index is -0.564. The summed E-state index contributed by atoms with van der Waals surface area (Å²) in [5.74, 6) is 0.303. The van der Waals surface area contributed by atoms with Crippen LogP contribution in [0.1, 0.15) is 25.7 Å². The van der Waals surface area contributed by atoms with E-state index in [0.717, 1.165) is 19.3 Å². The number of carbonyl (C=O) groups is 1. The third-order valence-corrected chi connectivity index (χ3v) is 4.25. The lowest BCUT2D eigenvalue weighted by Gasteiger charge is -2.19. The molecule has 1 aliphatic carbocycles. The second-order valence-corrected chi connectivity index (χ2v) is 6.00. The molecule has 0 aromatic heterocycles. The highest BCUT2D eigenvalue weighted by molar-refractivity contribution is 6.30. The van der Waals surface area contributed by atoms with E-state index in [1.165, 1.54) is 18.2 Å². The van der Waals surface area contributed by atoms with Gasteiger partial charge in [0.15, 0.2) is 5.75 Å². The Balaban J connectivity index is 0.00000288. The SMILES string of the molecule is Cl.NCC1CCCC1NC(=O)CCOc1ccc(Cl)cc1[N+](=O)[O-]. The molecule has 0 bridgehead atoms. The number of nitro benzene ring substituents is 1. The van der Waals surface area contributed by atoms with Crippen molar-refractivity contribution in [2.75, 3.05) is 13.2 Å². The van der Waals surface area contributed by atoms with E-state index in [4.69, 9.17) is 22.1 Å². The number of nitro groups is 1. The molecule has 7 nitrogen and oxygen atoms in total. The van der Waals surface area contributed by atoms with Gasteiger partial charge in [0.25, 0.3) is 0 Å². The van der Waals surface area contributed by atoms with Crippen molar-refractivity contribution in [1.82, 2.24) is 5.32 Å². The lowest BCUT2D eigenvalue weighted by molar-refractivity contribution is -0.385. The lowest BCUT2D eigenvalue weighted by atomic mass is 10.0. The average Bonchev–Trinajstić information content (AvgIpc) is 2.95. The Morgan fingerprint density at radius 3 is 2.88 bits per heavy atom. The molecule has 0 saturated heterocycles. The van der Waals surface area contributed by atoms with Crippen molar-refractivity contribution in [1.29, 1.82) is 0 Å². The number of halogens is 2. The van der Waals surface area contributed by atoms with E-state index in [-0.39, 0.29) is 53.8 Å². The molecule has 0 radical (unpaired) electrons. The third-order valence-electron chi connectivity index (χ3n) is 4.01. The summed E-state index contributed by atoms with van der Waals surface area (Å²) in [6.07, 6.45) is 3.18. The Labute approximate surface area is 151 Å². The molecule has 0 heterocycles. The van der Waals surface area contributed by atoms with E-state index in [0.29, 0.717) is 12.5 Å². The van der Waals surface area contributed by atoms with Crippen LogP contribution in [0.3, 0.4) is 0 Å². The van der Waals surface area contributed by atoms with Crippen LogP contribution >= 0.6 is 24.0 Å². The van der Waals surface area contributed by atoms with Gasteiger partial charge in [0.1, 0.15) is 0 Å². The van der Waals surface area contributed by atoms with E-state index >= 15 is 0 Å². The summed E-state index contributed by atoms with van der Waals surface area (Å²) >= 11 is 5.73. The molecule has 2 unspecified atom stereocenters. The maximum Gasteiger partial charge on any atom is 0.312 e. The molecule has 24 heavy (non-hydrogen) atoms. The van der Waals surface area contributed by atoms with Crippen molar-refractivity contribution in [2.45, 2.75) is 31.7 Å². The zero-order chi connectivity index (χ0) is 16.8. The van der Waals surface area contributed by atoms with Crippen LogP contribution in [0.4, 0.5) is 5.69 Å². The van der Waals surface area contributed by atoms with Crippen molar-refractivity contribution in [2.24, 2.45) is 11.7 Å². The van der Waals surface area contributed by atoms with Crippen LogP contribution in [0.5, 0.6) is 5.75 Å². The lowest BCUT2D eigenvalue weighted by Crippen LogP contribution is -2.40. The van der Waals surface area contributed by atoms with Crippen LogP contribution in [-0.2, 0) is 4.79 Å². The second kappa shape index (κ2) is 9.66. The number of nitrogens with two attached hydrogens (primary N) is 1. The van der Waals surface area contributed by atoms with Crippen LogP contribution in [0.25, 0.3) is 0 Å². The van der Waals surface area contributed by atoms with Gasteiger partial charge in [0.2, 0.25) is 5.91 Å². The highest BCUT2D eigenvalue weighted by atomic mass is 35.5. The van der Waals surface area contributed by atoms with E-state index in [9.17, 15) is 14.9 Å². The van der Waals surface area contributed by atoms with Gasteiger partial charge in [-0.3, -0.25) is 14.9 Å². The predicted octanol–water partition coefficient (Wildman–Crippen LogP) is 2.68. The standard InChI is InChI=1S/C15H20ClN3O4.ClH/c16-11-4-5-14(13(8-11)19(21)22)23-7-6-15(20)18-12-3-1-2-10(12)9-17;/h4-5,8,10,12H,1-3,6-7,9,17H2,(H,18,20);1H. The van der Waals surface area contributed by atoms with Crippen LogP contribution in [0, 0.1) is 16.0 Å². The number of benzene rings is 1. The first-order valence-corrected chi connectivity index (χ1v) is 7.95. The summed E-state index contributed by atoms with van der Waals surface area (Å²) in [5, 5.41) is 14.2. The van der Waals surface area contributed by atoms with Gasteiger partial charge in [-0.05, 0) is 37.4 Å². The number of hydrogen-bond donors (Lipinski definition) is 2. The molecule has 1 aromatic carbocycles. The van der Waals surface area contributed by atoms with Crippen molar-refractivity contribution in [3.63, 3.8) is 0 Å². The van der Waals surface area contributed by atoms with Crippen LogP contribution in [-0.4, -0.2) is 30.0 Å². The molecule has 1 amide bonds. The zero-order valence-corrected chi connectivity index (χ0v) is 14.6. The van der Waals surface area contributed by atoms with Crippen molar-refractivity contribution < 1.29 is 14.5 Å². The Hall–Kier alpha value is -1.57. The third kappa shape index (κ3) is 5.51. The molecule has 9 heteroatoms. The van der Waals surface area contributed by atoms with Crippen LogP contribution < -0.4 is 15.8 Å². The van der Waals surface area contributed by atoms with Gasteiger partial charge in [-0.1, -0.05) is 18.0 Å². The topological polar surface area (TPSA) is 107 Å². The number of nitrogens with zero attached hydrogens (tertiary/aromatic N) is 1. The maximum absolute atomic E-state index is 11.9. The van der Waals surface area contributed by atoms with Gasteiger partial charge in [-0.2, -0.15) is 0 Å². The van der Waals surface area contributed by atoms with Crippen molar-refractivity contribution in [3.8, 4) is 5.75 Å². The summed E-state index contributed by atoms with van der Waals surface area (Å²) in [7, 11) is 0. The fourth-order valence-electron chi connectivity index (χ4n) is 2.80. The van der Waals surface area contributed by atoms with Gasteiger partial charge in [0, 0.05) is 17.1 Å². The van der Waals surface area contributed by atoms with Crippen molar-refractivity contribution in [3.05, 3.63) is 33.3 Å². The summed E-state index contributed by atoms with van der Waals surface area (Å²) in [5.41, 5.74) is 5.47. The van der Waals surface area contributed by atoms with Crippen LogP contribution in [0.15, 0.2) is 18.2 Å². The smallest absolute Gasteiger partial charge is 0.312 e. The number of amides is 1. The molecule has 1 aromatic rings. The molecular formula is C15H21Cl2N3O4. The molecule has 2 atom stereocenters. The van der Waals surface area contributed by atoms with Crippen molar-refractivity contribution >= 4 is 35.6 Å². The number of hydrogen-bond acceptors (Lipinski definition) is 5. The second-order valence-electron chi connectivity index (χ2n) is 5.57. The van der Waals surface area contributed by atoms with Gasteiger partial charge in [-0.25, -0.2) is 0 Å². The zero-order valence-electron chi connectivity index (χ0n) is 13.1. The van der Waals surface area contributed by atoms with Crippen LogP contribution in [0.2, 0.25) is 5.02 Å². The Morgan fingerprint density at radius 1 is 1.46 bits per heavy atom. The first-order chi connectivity index (χ1) is 11.0. The molecule has 0 spiro atoms. The number of nitrogens with one attached hydrogen (secondary N) is 1. The summed E-state index contributed by atoms with van der Waals surface area (Å²) in [6, 6.07) is 4.28. The van der Waals surface area contributed by atoms with E-state index in [1.807, 2.05) is 0 Å². The van der Waals surface area contributed by atoms with E-state index < -0.39 is 4.92 Å². The number of ether oxygens (including phenoxy) is 1. The minimum absolute atomic E-state index is 0. The molecule has 1 fully saturated rings. The predicted molar refractivity (Wildman–Crippen MR) is 93.8 cm³/mol. The summed E-state index contributed by atoms with van der Waals surface area (Å²) in [6.45, 7) is 0.632. The molecule has 2 rings (SSSR count). The quantitative estimate of drug-likeness (QED) is 0.560. The summed E-state index contributed by atoms with van der Waals surface area (Å²) < 4.78 is 5.36. The maximum atomic E-state index is 11.9. The fourth-order valence-corrected chi connectivity index (χ4v) is 2.96. The first kappa shape index (κ1) is 20.5. The number of rotatable bonds is 7. The first-order valence-electron chi connectivity index (χ1n) is 7.57. The minimum Gasteiger partial charge on any atom is -0.486 e. The molecule has 3 N–H and O–H groups in total. The Bertz CT molecular complexity index is 586. The van der Waals surface area contributed by atoms with E-state index in [1.54, 1.807) is 0 Å². The van der Waals surface area contributed by atoms with Gasteiger partial charge in [0.05, 0.1) is 18.0 Å². The van der Waals surface area contributed by atoms with Gasteiger partial charge < -0.3 is 15.8 Å². The fraction of sp³-hybridized carbons (Fsp3) is 0.533. The molecule has 1 aliphatic rings. The van der Waals surface area contributed by atoms with Gasteiger partial charge in [-0.15, -0.1) is 12.4 Å². The molecular weight excluding hydrogens is 357 g/mol. The average molecular weight is 378 g/mol. The Kier molecular flexibility index (Phi) is 8.24. The molecule has 1 saturated carbocycles. The monoisotopic (exact) mass is 377 g/mol. The highest BCUT2D eigenvalue weighted by Crippen LogP contribution is 2.30. The molecule has 0 aliphatic heterocycles. The number of carbonyl (C=O) groups excluding carboxylic acids is 1. The van der Waals surface area contributed by atoms with E-state index in [2.05, 4.69) is 5.32 Å². The highest BCUT2D eigenvalue weighted by Gasteiger charge is 2.27. The normalized spacial score (nSPS) is 19.4. The van der Waals surface area contributed by atoms with Gasteiger partial charge >= 0.3 is 5.69 Å². The Morgan fingerprint density at radius 2 is 2.21 bits per heavy atom.